The number of nitrogens with zero attached hydrogens (tertiary/aromatic N) is 6. The molecule has 41 heavy (non-hydrogen) atoms. The van der Waals surface area contributed by atoms with E-state index in [4.69, 9.17) is 10.1 Å². The van der Waals surface area contributed by atoms with Gasteiger partial charge in [0.1, 0.15) is 11.4 Å². The number of hydrogen-bond acceptors (Lipinski definition) is 6. The third-order valence-electron chi connectivity index (χ3n) is 8.39. The molecule has 0 atom stereocenters. The van der Waals surface area contributed by atoms with Crippen LogP contribution in [0.1, 0.15) is 87.0 Å². The molecule has 8 heteroatoms. The van der Waals surface area contributed by atoms with Crippen LogP contribution in [0.3, 0.4) is 0 Å². The number of aromatic nitrogens is 5. The van der Waals surface area contributed by atoms with Crippen LogP contribution in [0.2, 0.25) is 0 Å². The van der Waals surface area contributed by atoms with Crippen molar-refractivity contribution in [2.45, 2.75) is 76.7 Å². The summed E-state index contributed by atoms with van der Waals surface area (Å²) in [5.41, 5.74) is 7.34. The first-order valence-corrected chi connectivity index (χ1v) is 15.2. The molecule has 8 nitrogen and oxygen atoms in total. The molecule has 214 valence electrons. The first kappa shape index (κ1) is 27.4. The molecule has 2 N–H and O–H groups in total. The van der Waals surface area contributed by atoms with Crippen molar-refractivity contribution in [1.29, 1.82) is 0 Å². The molecule has 0 saturated heterocycles. The Kier molecular flexibility index (Phi) is 8.01. The van der Waals surface area contributed by atoms with Gasteiger partial charge in [0.25, 0.3) is 0 Å². The molecule has 6 rings (SSSR count). The lowest BCUT2D eigenvalue weighted by molar-refractivity contribution is 0.282. The molecule has 3 heterocycles. The van der Waals surface area contributed by atoms with Crippen LogP contribution in [-0.2, 0) is 12.6 Å². The average Bonchev–Trinajstić information content (AvgIpc) is 3.50. The van der Waals surface area contributed by atoms with Crippen LogP contribution < -0.4 is 5.32 Å². The quantitative estimate of drug-likeness (QED) is 0.189. The highest BCUT2D eigenvalue weighted by molar-refractivity contribution is 6.16. The fraction of sp³-hybridized carbons (Fsp3) is 0.455. The summed E-state index contributed by atoms with van der Waals surface area (Å²) in [6.45, 7) is 3.33. The number of hydrogen-bond donors (Lipinski definition) is 2. The summed E-state index contributed by atoms with van der Waals surface area (Å²) in [4.78, 5) is 5.42. The zero-order valence-electron chi connectivity index (χ0n) is 24.3. The molecule has 0 radical (unpaired) electrons. The van der Waals surface area contributed by atoms with E-state index < -0.39 is 0 Å². The molecular formula is C33H41N7O. The van der Waals surface area contributed by atoms with Gasteiger partial charge in [-0.2, -0.15) is 5.10 Å². The number of aliphatic hydroxyl groups excluding tert-OH is 1. The molecule has 0 bridgehead atoms. The summed E-state index contributed by atoms with van der Waals surface area (Å²) in [5, 5.41) is 25.9. The van der Waals surface area contributed by atoms with Gasteiger partial charge in [0.05, 0.1) is 17.6 Å². The highest BCUT2D eigenvalue weighted by atomic mass is 16.2. The highest BCUT2D eigenvalue weighted by Gasteiger charge is 2.51. The molecule has 0 amide bonds. The second-order valence-electron chi connectivity index (χ2n) is 11.6. The molecule has 2 aromatic heterocycles. The number of benzene rings is 2. The molecule has 1 aliphatic carbocycles. The molecular weight excluding hydrogens is 510 g/mol. The summed E-state index contributed by atoms with van der Waals surface area (Å²) in [5.74, 6) is 1.84. The number of fused-ring (bicyclic) bond motifs is 4. The average molecular weight is 552 g/mol. The first-order chi connectivity index (χ1) is 20.1. The SMILES string of the molecule is Cc1nnc2n1-c1ccc(-c3cnn(C)c3)cc1C(c1ccc(NCCCCCCCCCCO)cc1)=NC21CC1. The van der Waals surface area contributed by atoms with Crippen molar-refractivity contribution >= 4 is 11.4 Å². The van der Waals surface area contributed by atoms with Gasteiger partial charge in [0.15, 0.2) is 5.82 Å². The van der Waals surface area contributed by atoms with E-state index in [1.54, 1.807) is 0 Å². The second-order valence-corrected chi connectivity index (χ2v) is 11.6. The largest absolute Gasteiger partial charge is 0.396 e. The van der Waals surface area contributed by atoms with Crippen molar-refractivity contribution in [1.82, 2.24) is 24.5 Å². The Morgan fingerprint density at radius 3 is 2.24 bits per heavy atom. The van der Waals surface area contributed by atoms with Crippen molar-refractivity contribution in [2.24, 2.45) is 12.0 Å². The fourth-order valence-electron chi connectivity index (χ4n) is 5.90. The minimum absolute atomic E-state index is 0.306. The predicted molar refractivity (Wildman–Crippen MR) is 164 cm³/mol. The molecule has 2 aliphatic rings. The van der Waals surface area contributed by atoms with Gasteiger partial charge >= 0.3 is 0 Å². The van der Waals surface area contributed by atoms with Gasteiger partial charge in [-0.15, -0.1) is 10.2 Å². The van der Waals surface area contributed by atoms with Crippen LogP contribution in [0.4, 0.5) is 5.69 Å². The number of nitrogens with one attached hydrogen (secondary N) is 1. The van der Waals surface area contributed by atoms with Gasteiger partial charge in [-0.1, -0.05) is 56.7 Å². The van der Waals surface area contributed by atoms with Gasteiger partial charge < -0.3 is 10.4 Å². The number of aliphatic hydroxyl groups is 1. The van der Waals surface area contributed by atoms with E-state index in [1.807, 2.05) is 31.0 Å². The first-order valence-electron chi connectivity index (χ1n) is 15.2. The maximum absolute atomic E-state index is 8.88. The highest BCUT2D eigenvalue weighted by Crippen LogP contribution is 2.51. The number of aliphatic imine (C=N–C) groups is 1. The molecule has 1 aliphatic heterocycles. The van der Waals surface area contributed by atoms with E-state index in [-0.39, 0.29) is 5.54 Å². The summed E-state index contributed by atoms with van der Waals surface area (Å²) in [6.07, 6.45) is 15.6. The zero-order valence-corrected chi connectivity index (χ0v) is 24.3. The number of unbranched alkanes of at least 4 members (excludes halogenated alkanes) is 7. The molecule has 0 unspecified atom stereocenters. The van der Waals surface area contributed by atoms with Gasteiger partial charge in [0.2, 0.25) is 0 Å². The van der Waals surface area contributed by atoms with Crippen LogP contribution in [0.25, 0.3) is 16.8 Å². The Balaban J connectivity index is 1.19. The molecule has 1 fully saturated rings. The minimum atomic E-state index is -0.306. The number of aryl methyl sites for hydroxylation is 2. The fourth-order valence-corrected chi connectivity index (χ4v) is 5.90. The van der Waals surface area contributed by atoms with Crippen LogP contribution in [0, 0.1) is 6.92 Å². The van der Waals surface area contributed by atoms with Gasteiger partial charge in [0, 0.05) is 48.8 Å². The maximum atomic E-state index is 8.88. The van der Waals surface area contributed by atoms with E-state index in [0.29, 0.717) is 6.61 Å². The Bertz CT molecular complexity index is 1510. The third kappa shape index (κ3) is 5.84. The van der Waals surface area contributed by atoms with Crippen LogP contribution >= 0.6 is 0 Å². The summed E-state index contributed by atoms with van der Waals surface area (Å²) in [7, 11) is 1.95. The van der Waals surface area contributed by atoms with E-state index in [2.05, 4.69) is 67.6 Å². The lowest BCUT2D eigenvalue weighted by Gasteiger charge is -2.14. The lowest BCUT2D eigenvalue weighted by Crippen LogP contribution is -2.11. The summed E-state index contributed by atoms with van der Waals surface area (Å²) < 4.78 is 4.04. The Morgan fingerprint density at radius 2 is 1.56 bits per heavy atom. The Labute approximate surface area is 242 Å². The molecule has 1 saturated carbocycles. The molecule has 1 spiro atoms. The summed E-state index contributed by atoms with van der Waals surface area (Å²) >= 11 is 0. The Hall–Kier alpha value is -3.78. The number of anilines is 1. The molecule has 2 aromatic carbocycles. The smallest absolute Gasteiger partial charge is 0.165 e. The van der Waals surface area contributed by atoms with Gasteiger partial charge in [-0.25, -0.2) is 0 Å². The van der Waals surface area contributed by atoms with Gasteiger partial charge in [-0.3, -0.25) is 14.2 Å². The monoisotopic (exact) mass is 551 g/mol. The predicted octanol–water partition coefficient (Wildman–Crippen LogP) is 6.34. The van der Waals surface area contributed by atoms with Crippen molar-refractivity contribution in [2.75, 3.05) is 18.5 Å². The van der Waals surface area contributed by atoms with E-state index in [0.717, 1.165) is 83.2 Å². The van der Waals surface area contributed by atoms with E-state index in [1.165, 1.54) is 38.5 Å². The topological polar surface area (TPSA) is 93.2 Å². The second kappa shape index (κ2) is 12.0. The Morgan fingerprint density at radius 1 is 0.854 bits per heavy atom. The summed E-state index contributed by atoms with van der Waals surface area (Å²) in [6, 6.07) is 15.3. The van der Waals surface area contributed by atoms with Crippen LogP contribution in [-0.4, -0.2) is 48.5 Å². The van der Waals surface area contributed by atoms with Crippen molar-refractivity contribution < 1.29 is 5.11 Å². The zero-order chi connectivity index (χ0) is 28.2. The van der Waals surface area contributed by atoms with Crippen LogP contribution in [0.5, 0.6) is 0 Å². The number of rotatable bonds is 13. The lowest BCUT2D eigenvalue weighted by atomic mass is 9.96. The van der Waals surface area contributed by atoms with Crippen LogP contribution in [0.15, 0.2) is 59.9 Å². The van der Waals surface area contributed by atoms with E-state index >= 15 is 0 Å². The van der Waals surface area contributed by atoms with Crippen molar-refractivity contribution in [3.8, 4) is 16.8 Å². The maximum Gasteiger partial charge on any atom is 0.165 e. The van der Waals surface area contributed by atoms with E-state index in [9.17, 15) is 0 Å². The van der Waals surface area contributed by atoms with Crippen molar-refractivity contribution in [3.05, 3.63) is 77.6 Å². The van der Waals surface area contributed by atoms with Gasteiger partial charge in [-0.05, 0) is 62.4 Å². The molecule has 4 aromatic rings. The normalized spacial score (nSPS) is 14.9. The standard InChI is InChI=1S/C33H41N7O/c1-24-37-38-32-33(17-18-33)36-31(29-21-26(13-16-30(29)40(24)32)27-22-35-39(2)23-27)25-11-14-28(15-12-25)34-19-9-7-5-3-4-6-8-10-20-41/h11-16,21-23,34,41H,3-10,17-20H2,1-2H3. The van der Waals surface area contributed by atoms with Crippen molar-refractivity contribution in [3.63, 3.8) is 0 Å². The third-order valence-corrected chi connectivity index (χ3v) is 8.39. The minimum Gasteiger partial charge on any atom is -0.396 e.